The van der Waals surface area contributed by atoms with E-state index in [2.05, 4.69) is 6.92 Å². The minimum atomic E-state index is 0.293. The van der Waals surface area contributed by atoms with Crippen molar-refractivity contribution in [3.8, 4) is 0 Å². The highest BCUT2D eigenvalue weighted by Gasteiger charge is 2.29. The van der Waals surface area contributed by atoms with Gasteiger partial charge < -0.3 is 5.73 Å². The molecular formula is C16H23NO. The predicted octanol–water partition coefficient (Wildman–Crippen LogP) is 3.60. The normalized spacial score (nSPS) is 23.8. The van der Waals surface area contributed by atoms with E-state index in [0.717, 1.165) is 24.1 Å². The van der Waals surface area contributed by atoms with Crippen LogP contribution < -0.4 is 5.73 Å². The van der Waals surface area contributed by atoms with Crippen molar-refractivity contribution in [1.82, 2.24) is 0 Å². The Hall–Kier alpha value is -1.31. The molecule has 1 fully saturated rings. The Morgan fingerprint density at radius 2 is 1.89 bits per heavy atom. The first-order valence-electron chi connectivity index (χ1n) is 7.08. The van der Waals surface area contributed by atoms with E-state index in [0.29, 0.717) is 24.0 Å². The molecule has 0 bridgehead atoms. The monoisotopic (exact) mass is 245 g/mol. The molecule has 0 radical (unpaired) electrons. The van der Waals surface area contributed by atoms with Crippen molar-refractivity contribution < 1.29 is 4.79 Å². The highest BCUT2D eigenvalue weighted by atomic mass is 16.1. The number of carbonyl (C=O) groups excluding carboxylic acids is 1. The standard InChI is InChI=1S/C16H23NO/c1-2-13-5-3-4-6-15(13)16(18)11-12-7-9-14(17)10-8-12/h7-10,13,15H,2-6,11,17H2,1H3. The zero-order valence-corrected chi connectivity index (χ0v) is 11.2. The number of nitrogens with two attached hydrogens (primary N) is 1. The number of hydrogen-bond acceptors (Lipinski definition) is 2. The van der Waals surface area contributed by atoms with Crippen LogP contribution in [-0.2, 0) is 11.2 Å². The largest absolute Gasteiger partial charge is 0.399 e. The average molecular weight is 245 g/mol. The molecule has 2 nitrogen and oxygen atoms in total. The third-order valence-corrected chi connectivity index (χ3v) is 4.21. The molecule has 2 heteroatoms. The van der Waals surface area contributed by atoms with Gasteiger partial charge in [-0.15, -0.1) is 0 Å². The Kier molecular flexibility index (Phi) is 4.40. The molecular weight excluding hydrogens is 222 g/mol. The number of ketones is 1. The molecule has 1 aliphatic carbocycles. The molecule has 0 heterocycles. The first-order valence-corrected chi connectivity index (χ1v) is 7.08. The Morgan fingerprint density at radius 3 is 2.56 bits per heavy atom. The van der Waals surface area contributed by atoms with Crippen LogP contribution in [-0.4, -0.2) is 5.78 Å². The van der Waals surface area contributed by atoms with E-state index >= 15 is 0 Å². The fourth-order valence-electron chi connectivity index (χ4n) is 3.09. The van der Waals surface area contributed by atoms with Crippen LogP contribution in [0.5, 0.6) is 0 Å². The van der Waals surface area contributed by atoms with Gasteiger partial charge >= 0.3 is 0 Å². The molecule has 2 atom stereocenters. The van der Waals surface area contributed by atoms with Crippen molar-refractivity contribution in [2.75, 3.05) is 5.73 Å². The van der Waals surface area contributed by atoms with E-state index in [-0.39, 0.29) is 0 Å². The van der Waals surface area contributed by atoms with Crippen LogP contribution in [0, 0.1) is 11.8 Å². The molecule has 0 amide bonds. The molecule has 98 valence electrons. The lowest BCUT2D eigenvalue weighted by Gasteiger charge is -2.29. The van der Waals surface area contributed by atoms with Crippen LogP contribution in [0.3, 0.4) is 0 Å². The number of carbonyl (C=O) groups is 1. The molecule has 1 aromatic carbocycles. The second kappa shape index (κ2) is 6.03. The summed E-state index contributed by atoms with van der Waals surface area (Å²) in [6, 6.07) is 7.69. The van der Waals surface area contributed by atoms with Gasteiger partial charge in [-0.1, -0.05) is 38.3 Å². The highest BCUT2D eigenvalue weighted by molar-refractivity contribution is 5.83. The lowest BCUT2D eigenvalue weighted by molar-refractivity contribution is -0.125. The summed E-state index contributed by atoms with van der Waals surface area (Å²) in [6.07, 6.45) is 6.54. The molecule has 0 aliphatic heterocycles. The molecule has 2 rings (SSSR count). The van der Waals surface area contributed by atoms with Gasteiger partial charge in [0.1, 0.15) is 5.78 Å². The SMILES string of the molecule is CCC1CCCCC1C(=O)Cc1ccc(N)cc1. The van der Waals surface area contributed by atoms with Gasteiger partial charge in [-0.2, -0.15) is 0 Å². The van der Waals surface area contributed by atoms with Crippen LogP contribution in [0.25, 0.3) is 0 Å². The van der Waals surface area contributed by atoms with Gasteiger partial charge in [-0.3, -0.25) is 4.79 Å². The minimum Gasteiger partial charge on any atom is -0.399 e. The third kappa shape index (κ3) is 3.12. The smallest absolute Gasteiger partial charge is 0.140 e. The summed E-state index contributed by atoms with van der Waals surface area (Å²) in [4.78, 5) is 12.4. The molecule has 1 aliphatic rings. The fourth-order valence-corrected chi connectivity index (χ4v) is 3.09. The average Bonchev–Trinajstić information content (AvgIpc) is 2.41. The number of anilines is 1. The van der Waals surface area contributed by atoms with Crippen molar-refractivity contribution >= 4 is 11.5 Å². The van der Waals surface area contributed by atoms with Gasteiger partial charge in [0.2, 0.25) is 0 Å². The van der Waals surface area contributed by atoms with Crippen LogP contribution in [0.2, 0.25) is 0 Å². The summed E-state index contributed by atoms with van der Waals surface area (Å²) in [5.41, 5.74) is 7.51. The summed E-state index contributed by atoms with van der Waals surface area (Å²) in [7, 11) is 0. The van der Waals surface area contributed by atoms with Crippen molar-refractivity contribution in [2.45, 2.75) is 45.4 Å². The summed E-state index contributed by atoms with van der Waals surface area (Å²) in [5.74, 6) is 1.33. The maximum atomic E-state index is 12.4. The maximum absolute atomic E-state index is 12.4. The van der Waals surface area contributed by atoms with Gasteiger partial charge in [-0.05, 0) is 36.5 Å². The van der Waals surface area contributed by atoms with E-state index in [1.54, 1.807) is 0 Å². The number of hydrogen-bond donors (Lipinski definition) is 1. The number of Topliss-reactive ketones (excluding diaryl/α,β-unsaturated/α-hetero) is 1. The summed E-state index contributed by atoms with van der Waals surface area (Å²) < 4.78 is 0. The molecule has 0 saturated heterocycles. The Morgan fingerprint density at radius 1 is 1.22 bits per heavy atom. The topological polar surface area (TPSA) is 43.1 Å². The van der Waals surface area contributed by atoms with E-state index in [1.807, 2.05) is 24.3 Å². The molecule has 2 N–H and O–H groups in total. The highest BCUT2D eigenvalue weighted by Crippen LogP contribution is 2.33. The van der Waals surface area contributed by atoms with Gasteiger partial charge in [0.15, 0.2) is 0 Å². The van der Waals surface area contributed by atoms with Crippen LogP contribution in [0.1, 0.15) is 44.6 Å². The molecule has 0 spiro atoms. The Labute approximate surface area is 110 Å². The van der Waals surface area contributed by atoms with Gasteiger partial charge in [0, 0.05) is 18.0 Å². The lowest BCUT2D eigenvalue weighted by atomic mass is 9.74. The van der Waals surface area contributed by atoms with Crippen molar-refractivity contribution in [3.05, 3.63) is 29.8 Å². The first-order chi connectivity index (χ1) is 8.70. The quantitative estimate of drug-likeness (QED) is 0.824. The van der Waals surface area contributed by atoms with E-state index in [1.165, 1.54) is 19.3 Å². The molecule has 2 unspecified atom stereocenters. The van der Waals surface area contributed by atoms with Gasteiger partial charge in [0.25, 0.3) is 0 Å². The number of benzene rings is 1. The Balaban J connectivity index is 2.00. The third-order valence-electron chi connectivity index (χ3n) is 4.21. The Bertz CT molecular complexity index is 396. The minimum absolute atomic E-state index is 0.293. The fraction of sp³-hybridized carbons (Fsp3) is 0.562. The van der Waals surface area contributed by atoms with Gasteiger partial charge in [-0.25, -0.2) is 0 Å². The predicted molar refractivity (Wildman–Crippen MR) is 75.3 cm³/mol. The molecule has 1 aromatic rings. The number of nitrogen functional groups attached to an aromatic ring is 1. The zero-order valence-electron chi connectivity index (χ0n) is 11.2. The first kappa shape index (κ1) is 13.1. The van der Waals surface area contributed by atoms with Crippen LogP contribution in [0.15, 0.2) is 24.3 Å². The summed E-state index contributed by atoms with van der Waals surface area (Å²) in [5, 5.41) is 0. The number of rotatable bonds is 4. The van der Waals surface area contributed by atoms with Crippen LogP contribution in [0.4, 0.5) is 5.69 Å². The van der Waals surface area contributed by atoms with Crippen molar-refractivity contribution in [3.63, 3.8) is 0 Å². The summed E-state index contributed by atoms with van der Waals surface area (Å²) in [6.45, 7) is 2.21. The molecule has 0 aromatic heterocycles. The second-order valence-electron chi connectivity index (χ2n) is 5.44. The summed E-state index contributed by atoms with van der Waals surface area (Å²) >= 11 is 0. The van der Waals surface area contributed by atoms with Crippen LogP contribution >= 0.6 is 0 Å². The molecule has 18 heavy (non-hydrogen) atoms. The molecule has 1 saturated carbocycles. The van der Waals surface area contributed by atoms with E-state index in [9.17, 15) is 4.79 Å². The van der Waals surface area contributed by atoms with Crippen molar-refractivity contribution in [2.24, 2.45) is 11.8 Å². The second-order valence-corrected chi connectivity index (χ2v) is 5.44. The van der Waals surface area contributed by atoms with Crippen molar-refractivity contribution in [1.29, 1.82) is 0 Å². The van der Waals surface area contributed by atoms with Gasteiger partial charge in [0.05, 0.1) is 0 Å². The van der Waals surface area contributed by atoms with E-state index < -0.39 is 0 Å². The maximum Gasteiger partial charge on any atom is 0.140 e. The van der Waals surface area contributed by atoms with E-state index in [4.69, 9.17) is 5.73 Å². The lowest BCUT2D eigenvalue weighted by Crippen LogP contribution is -2.28. The zero-order chi connectivity index (χ0) is 13.0.